The lowest BCUT2D eigenvalue weighted by atomic mass is 10.4. The van der Waals surface area contributed by atoms with Gasteiger partial charge in [-0.05, 0) is 0 Å². The fourth-order valence-corrected chi connectivity index (χ4v) is 0.852. The maximum atomic E-state index is 11.2. The van der Waals surface area contributed by atoms with E-state index in [1.165, 1.54) is 12.3 Å². The molecule has 0 fully saturated rings. The molecule has 72 valence electrons. The second-order valence-corrected chi connectivity index (χ2v) is 2.65. The summed E-state index contributed by atoms with van der Waals surface area (Å²) in [7, 11) is 0. The minimum atomic E-state index is -0.319. The number of rotatable bonds is 4. The zero-order chi connectivity index (χ0) is 9.68. The van der Waals surface area contributed by atoms with E-state index in [0.29, 0.717) is 5.88 Å². The van der Waals surface area contributed by atoms with Crippen molar-refractivity contribution in [1.29, 1.82) is 0 Å². The van der Waals surface area contributed by atoms with Crippen LogP contribution in [0.4, 0.5) is 0 Å². The van der Waals surface area contributed by atoms with Crippen molar-refractivity contribution in [2.75, 3.05) is 12.5 Å². The van der Waals surface area contributed by atoms with Crippen LogP contribution < -0.4 is 10.2 Å². The molecule has 0 amide bonds. The third kappa shape index (κ3) is 2.75. The highest BCUT2D eigenvalue weighted by molar-refractivity contribution is 6.17. The number of halogens is 1. The van der Waals surface area contributed by atoms with E-state index < -0.39 is 0 Å². The van der Waals surface area contributed by atoms with Crippen LogP contribution in [0.5, 0.6) is 5.75 Å². The van der Waals surface area contributed by atoms with Gasteiger partial charge in [-0.15, -0.1) is 11.6 Å². The largest absolute Gasteiger partial charge is 0.485 e. The van der Waals surface area contributed by atoms with Gasteiger partial charge in [0.15, 0.2) is 0 Å². The minimum Gasteiger partial charge on any atom is -0.485 e. The molecule has 13 heavy (non-hydrogen) atoms. The maximum absolute atomic E-state index is 11.2. The summed E-state index contributed by atoms with van der Waals surface area (Å²) in [4.78, 5) is 11.2. The smallest absolute Gasteiger partial charge is 0.227 e. The quantitative estimate of drug-likeness (QED) is 0.736. The first-order valence-electron chi connectivity index (χ1n) is 3.69. The Bertz CT molecular complexity index is 320. The summed E-state index contributed by atoms with van der Waals surface area (Å²) >= 11 is 5.36. The van der Waals surface area contributed by atoms with Gasteiger partial charge in [-0.2, -0.15) is 0 Å². The Labute approximate surface area is 79.7 Å². The van der Waals surface area contributed by atoms with Gasteiger partial charge in [0, 0.05) is 6.07 Å². The molecule has 1 rings (SSSR count). The molecule has 0 aromatic carbocycles. The highest BCUT2D eigenvalue weighted by atomic mass is 35.5. The van der Waals surface area contributed by atoms with E-state index in [4.69, 9.17) is 25.9 Å². The molecule has 0 saturated heterocycles. The van der Waals surface area contributed by atoms with Crippen molar-refractivity contribution in [3.05, 3.63) is 28.3 Å². The number of hydrogen-bond donors (Lipinski definition) is 1. The second kappa shape index (κ2) is 4.89. The first kappa shape index (κ1) is 10.1. The van der Waals surface area contributed by atoms with E-state index in [1.54, 1.807) is 0 Å². The van der Waals surface area contributed by atoms with Gasteiger partial charge >= 0.3 is 0 Å². The predicted octanol–water partition coefficient (Wildman–Crippen LogP) is 0.750. The molecular formula is C8H9ClO4. The van der Waals surface area contributed by atoms with Crippen molar-refractivity contribution >= 4 is 11.6 Å². The maximum Gasteiger partial charge on any atom is 0.227 e. The van der Waals surface area contributed by atoms with Gasteiger partial charge in [0.2, 0.25) is 11.2 Å². The van der Waals surface area contributed by atoms with Crippen LogP contribution in [0.3, 0.4) is 0 Å². The SMILES string of the molecule is O=c1cc(CO)occ1OCCCl. The normalized spacial score (nSPS) is 10.0. The lowest BCUT2D eigenvalue weighted by Crippen LogP contribution is -2.09. The summed E-state index contributed by atoms with van der Waals surface area (Å²) in [5.41, 5.74) is -0.319. The van der Waals surface area contributed by atoms with Crippen LogP contribution >= 0.6 is 11.6 Å². The van der Waals surface area contributed by atoms with Crippen LogP contribution in [-0.4, -0.2) is 17.6 Å². The molecule has 0 aliphatic heterocycles. The molecule has 1 N–H and O–H groups in total. The Morgan fingerprint density at radius 2 is 2.38 bits per heavy atom. The number of hydrogen-bond acceptors (Lipinski definition) is 4. The molecular weight excluding hydrogens is 196 g/mol. The Hall–Kier alpha value is -1.00. The molecule has 0 bridgehead atoms. The summed E-state index contributed by atoms with van der Waals surface area (Å²) < 4.78 is 9.83. The number of aliphatic hydroxyl groups excluding tert-OH is 1. The fourth-order valence-electron chi connectivity index (χ4n) is 0.775. The molecule has 1 heterocycles. The lowest BCUT2D eigenvalue weighted by molar-refractivity contribution is 0.238. The molecule has 1 aromatic heterocycles. The van der Waals surface area contributed by atoms with Gasteiger partial charge in [-0.25, -0.2) is 0 Å². The summed E-state index contributed by atoms with van der Waals surface area (Å²) in [5.74, 6) is 0.627. The summed E-state index contributed by atoms with van der Waals surface area (Å²) in [6, 6.07) is 1.18. The van der Waals surface area contributed by atoms with Crippen LogP contribution in [0.2, 0.25) is 0 Å². The summed E-state index contributed by atoms with van der Waals surface area (Å²) in [5, 5.41) is 8.63. The Kier molecular flexibility index (Phi) is 3.79. The van der Waals surface area contributed by atoms with Crippen molar-refractivity contribution < 1.29 is 14.3 Å². The monoisotopic (exact) mass is 204 g/mol. The van der Waals surface area contributed by atoms with Crippen molar-refractivity contribution in [3.63, 3.8) is 0 Å². The molecule has 0 spiro atoms. The topological polar surface area (TPSA) is 59.7 Å². The van der Waals surface area contributed by atoms with Gasteiger partial charge in [0.1, 0.15) is 25.2 Å². The second-order valence-electron chi connectivity index (χ2n) is 2.27. The van der Waals surface area contributed by atoms with Crippen LogP contribution in [0.15, 0.2) is 21.5 Å². The summed E-state index contributed by atoms with van der Waals surface area (Å²) in [6.45, 7) is -0.0458. The van der Waals surface area contributed by atoms with Crippen LogP contribution in [0.1, 0.15) is 5.76 Å². The third-order valence-electron chi connectivity index (χ3n) is 1.34. The first-order chi connectivity index (χ1) is 6.27. The number of alkyl halides is 1. The zero-order valence-corrected chi connectivity index (χ0v) is 7.58. The van der Waals surface area contributed by atoms with Crippen LogP contribution in [-0.2, 0) is 6.61 Å². The van der Waals surface area contributed by atoms with Crippen LogP contribution in [0, 0.1) is 0 Å². The molecule has 1 aromatic rings. The van der Waals surface area contributed by atoms with E-state index in [-0.39, 0.29) is 30.2 Å². The van der Waals surface area contributed by atoms with E-state index in [1.807, 2.05) is 0 Å². The van der Waals surface area contributed by atoms with Gasteiger partial charge in [-0.1, -0.05) is 0 Å². The van der Waals surface area contributed by atoms with Gasteiger partial charge in [0.25, 0.3) is 0 Å². The summed E-state index contributed by atoms with van der Waals surface area (Å²) in [6.07, 6.45) is 1.17. The molecule has 5 heteroatoms. The Balaban J connectivity index is 2.80. The lowest BCUT2D eigenvalue weighted by Gasteiger charge is -2.01. The van der Waals surface area contributed by atoms with Crippen molar-refractivity contribution in [2.45, 2.75) is 6.61 Å². The molecule has 0 aliphatic carbocycles. The van der Waals surface area contributed by atoms with E-state index >= 15 is 0 Å². The van der Waals surface area contributed by atoms with E-state index in [0.717, 1.165) is 0 Å². The standard InChI is InChI=1S/C8H9ClO4/c9-1-2-12-8-5-13-6(4-10)3-7(8)11/h3,5,10H,1-2,4H2. The molecule has 0 saturated carbocycles. The molecule has 0 aliphatic rings. The molecule has 0 atom stereocenters. The average Bonchev–Trinajstić information content (AvgIpc) is 2.16. The first-order valence-corrected chi connectivity index (χ1v) is 4.22. The van der Waals surface area contributed by atoms with Crippen molar-refractivity contribution in [1.82, 2.24) is 0 Å². The van der Waals surface area contributed by atoms with Gasteiger partial charge in [-0.3, -0.25) is 4.79 Å². The van der Waals surface area contributed by atoms with E-state index in [2.05, 4.69) is 0 Å². The fraction of sp³-hybridized carbons (Fsp3) is 0.375. The Morgan fingerprint density at radius 1 is 1.62 bits per heavy atom. The van der Waals surface area contributed by atoms with Crippen molar-refractivity contribution in [2.24, 2.45) is 0 Å². The van der Waals surface area contributed by atoms with E-state index in [9.17, 15) is 4.79 Å². The number of aliphatic hydroxyl groups is 1. The molecule has 0 unspecified atom stereocenters. The third-order valence-corrected chi connectivity index (χ3v) is 1.50. The van der Waals surface area contributed by atoms with Gasteiger partial charge < -0.3 is 14.3 Å². The zero-order valence-electron chi connectivity index (χ0n) is 6.83. The minimum absolute atomic E-state index is 0.109. The Morgan fingerprint density at radius 3 is 2.92 bits per heavy atom. The average molecular weight is 205 g/mol. The van der Waals surface area contributed by atoms with Crippen molar-refractivity contribution in [3.8, 4) is 5.75 Å². The molecule has 4 nitrogen and oxygen atoms in total. The highest BCUT2D eigenvalue weighted by Crippen LogP contribution is 2.05. The van der Waals surface area contributed by atoms with Crippen LogP contribution in [0.25, 0.3) is 0 Å². The highest BCUT2D eigenvalue weighted by Gasteiger charge is 2.02. The number of ether oxygens (including phenoxy) is 1. The van der Waals surface area contributed by atoms with Gasteiger partial charge in [0.05, 0.1) is 5.88 Å². The molecule has 0 radical (unpaired) electrons. The predicted molar refractivity (Wildman–Crippen MR) is 47.1 cm³/mol.